The smallest absolute Gasteiger partial charge is 0.0964 e. The van der Waals surface area contributed by atoms with Crippen LogP contribution in [-0.2, 0) is 17.8 Å². The number of rotatable bonds is 6. The summed E-state index contributed by atoms with van der Waals surface area (Å²) in [5.41, 5.74) is 0.924. The van der Waals surface area contributed by atoms with E-state index < -0.39 is 0 Å². The summed E-state index contributed by atoms with van der Waals surface area (Å²) >= 11 is 0. The summed E-state index contributed by atoms with van der Waals surface area (Å²) in [4.78, 5) is 0. The minimum Gasteiger partial charge on any atom is -0.394 e. The van der Waals surface area contributed by atoms with Crippen molar-refractivity contribution in [2.45, 2.75) is 44.6 Å². The summed E-state index contributed by atoms with van der Waals surface area (Å²) in [5.74, 6) is 0.663. The minimum atomic E-state index is 0.0959. The van der Waals surface area contributed by atoms with Gasteiger partial charge in [-0.3, -0.25) is 0 Å². The van der Waals surface area contributed by atoms with Crippen molar-refractivity contribution in [3.05, 3.63) is 11.9 Å². The largest absolute Gasteiger partial charge is 0.394 e. The first-order valence-corrected chi connectivity index (χ1v) is 6.71. The Morgan fingerprint density at radius 2 is 2.44 bits per heavy atom. The summed E-state index contributed by atoms with van der Waals surface area (Å²) < 4.78 is 7.49. The van der Waals surface area contributed by atoms with Crippen molar-refractivity contribution in [2.75, 3.05) is 13.2 Å². The molecule has 2 bridgehead atoms. The number of aliphatic hydroxyl groups is 1. The van der Waals surface area contributed by atoms with Crippen LogP contribution in [0.2, 0.25) is 0 Å². The Kier molecular flexibility index (Phi) is 3.58. The van der Waals surface area contributed by atoms with Gasteiger partial charge in [-0.15, -0.1) is 5.10 Å². The third kappa shape index (κ3) is 2.55. The van der Waals surface area contributed by atoms with Gasteiger partial charge in [-0.1, -0.05) is 5.21 Å². The number of aromatic nitrogens is 3. The molecule has 3 unspecified atom stereocenters. The molecule has 1 aromatic heterocycles. The molecule has 0 spiro atoms. The summed E-state index contributed by atoms with van der Waals surface area (Å²) in [6, 6.07) is 0. The van der Waals surface area contributed by atoms with Crippen LogP contribution in [0.5, 0.6) is 0 Å². The van der Waals surface area contributed by atoms with E-state index in [1.54, 1.807) is 4.68 Å². The molecule has 2 aliphatic rings. The third-order valence-electron chi connectivity index (χ3n) is 3.86. The first-order chi connectivity index (χ1) is 8.85. The zero-order valence-electron chi connectivity index (χ0n) is 10.5. The Bertz CT molecular complexity index is 395. The van der Waals surface area contributed by atoms with Gasteiger partial charge < -0.3 is 15.2 Å². The van der Waals surface area contributed by atoms with Crippen LogP contribution in [0, 0.1) is 5.92 Å². The normalized spacial score (nSPS) is 30.2. The van der Waals surface area contributed by atoms with Crippen molar-refractivity contribution in [3.8, 4) is 0 Å². The average molecular weight is 252 g/mol. The fraction of sp³-hybridized carbons (Fsp3) is 0.833. The van der Waals surface area contributed by atoms with E-state index in [4.69, 9.17) is 9.84 Å². The Morgan fingerprint density at radius 3 is 3.17 bits per heavy atom. The van der Waals surface area contributed by atoms with E-state index >= 15 is 0 Å². The molecular formula is C12H20N4O2. The topological polar surface area (TPSA) is 72.2 Å². The van der Waals surface area contributed by atoms with Gasteiger partial charge in [-0.25, -0.2) is 4.68 Å². The molecule has 1 aromatic rings. The van der Waals surface area contributed by atoms with Crippen molar-refractivity contribution >= 4 is 0 Å². The highest BCUT2D eigenvalue weighted by Crippen LogP contribution is 2.38. The average Bonchev–Trinajstić information content (AvgIpc) is 3.06. The SMILES string of the molecule is OCCn1cc(CNCC2CC3CCC2O3)nn1. The van der Waals surface area contributed by atoms with Gasteiger partial charge in [-0.05, 0) is 19.3 Å². The summed E-state index contributed by atoms with van der Waals surface area (Å²) in [7, 11) is 0. The predicted octanol–water partition coefficient (Wildman–Crippen LogP) is -0.0725. The van der Waals surface area contributed by atoms with Crippen LogP contribution >= 0.6 is 0 Å². The highest BCUT2D eigenvalue weighted by molar-refractivity contribution is 4.94. The first kappa shape index (κ1) is 12.1. The molecule has 3 rings (SSSR count). The standard InChI is InChI=1S/C12H20N4O2/c17-4-3-16-8-10(14-15-16)7-13-6-9-5-11-1-2-12(9)18-11/h8-9,11-13,17H,1-7H2. The maximum absolute atomic E-state index is 8.79. The number of nitrogens with zero attached hydrogens (tertiary/aromatic N) is 3. The minimum absolute atomic E-state index is 0.0959. The Balaban J connectivity index is 1.41. The molecule has 0 aliphatic carbocycles. The van der Waals surface area contributed by atoms with E-state index in [9.17, 15) is 0 Å². The fourth-order valence-corrected chi connectivity index (χ4v) is 2.97. The van der Waals surface area contributed by atoms with Crippen molar-refractivity contribution in [2.24, 2.45) is 5.92 Å². The molecule has 0 radical (unpaired) electrons. The lowest BCUT2D eigenvalue weighted by molar-refractivity contribution is 0.0923. The molecule has 0 aromatic carbocycles. The third-order valence-corrected chi connectivity index (χ3v) is 3.86. The zero-order chi connectivity index (χ0) is 12.4. The van der Waals surface area contributed by atoms with Gasteiger partial charge in [0.25, 0.3) is 0 Å². The van der Waals surface area contributed by atoms with Crippen LogP contribution in [0.3, 0.4) is 0 Å². The molecular weight excluding hydrogens is 232 g/mol. The number of hydrogen-bond acceptors (Lipinski definition) is 5. The van der Waals surface area contributed by atoms with E-state index in [0.717, 1.165) is 18.8 Å². The molecule has 18 heavy (non-hydrogen) atoms. The number of ether oxygens (including phenoxy) is 1. The van der Waals surface area contributed by atoms with Crippen molar-refractivity contribution in [1.29, 1.82) is 0 Å². The van der Waals surface area contributed by atoms with Gasteiger partial charge in [0.2, 0.25) is 0 Å². The number of hydrogen-bond donors (Lipinski definition) is 2. The lowest BCUT2D eigenvalue weighted by Gasteiger charge is -2.18. The van der Waals surface area contributed by atoms with Crippen LogP contribution in [0.25, 0.3) is 0 Å². The Morgan fingerprint density at radius 1 is 1.50 bits per heavy atom. The summed E-state index contributed by atoms with van der Waals surface area (Å²) in [5, 5.41) is 20.2. The van der Waals surface area contributed by atoms with Crippen LogP contribution in [0.4, 0.5) is 0 Å². The highest BCUT2D eigenvalue weighted by Gasteiger charge is 2.40. The Labute approximate surface area is 106 Å². The molecule has 100 valence electrons. The summed E-state index contributed by atoms with van der Waals surface area (Å²) in [6.45, 7) is 2.33. The molecule has 2 fully saturated rings. The van der Waals surface area contributed by atoms with E-state index in [0.29, 0.717) is 24.7 Å². The number of aliphatic hydroxyl groups excluding tert-OH is 1. The molecule has 3 atom stereocenters. The predicted molar refractivity (Wildman–Crippen MR) is 64.8 cm³/mol. The van der Waals surface area contributed by atoms with E-state index in [1.807, 2.05) is 6.20 Å². The monoisotopic (exact) mass is 252 g/mol. The van der Waals surface area contributed by atoms with E-state index in [2.05, 4.69) is 15.6 Å². The van der Waals surface area contributed by atoms with Gasteiger partial charge in [0, 0.05) is 25.2 Å². The lowest BCUT2D eigenvalue weighted by Crippen LogP contribution is -2.29. The second kappa shape index (κ2) is 5.34. The first-order valence-electron chi connectivity index (χ1n) is 6.71. The molecule has 2 saturated heterocycles. The van der Waals surface area contributed by atoms with Crippen LogP contribution < -0.4 is 5.32 Å². The maximum Gasteiger partial charge on any atom is 0.0964 e. The Hall–Kier alpha value is -0.980. The van der Waals surface area contributed by atoms with Gasteiger partial charge >= 0.3 is 0 Å². The van der Waals surface area contributed by atoms with Crippen LogP contribution in [-0.4, -0.2) is 45.5 Å². The molecule has 0 saturated carbocycles. The zero-order valence-corrected chi connectivity index (χ0v) is 10.5. The molecule has 0 amide bonds. The van der Waals surface area contributed by atoms with Crippen LogP contribution in [0.1, 0.15) is 25.0 Å². The van der Waals surface area contributed by atoms with Gasteiger partial charge in [0.1, 0.15) is 0 Å². The molecule has 2 aliphatic heterocycles. The van der Waals surface area contributed by atoms with Gasteiger partial charge in [0.15, 0.2) is 0 Å². The second-order valence-electron chi connectivity index (χ2n) is 5.20. The van der Waals surface area contributed by atoms with Crippen LogP contribution in [0.15, 0.2) is 6.20 Å². The molecule has 2 N–H and O–H groups in total. The van der Waals surface area contributed by atoms with Crippen molar-refractivity contribution in [1.82, 2.24) is 20.3 Å². The lowest BCUT2D eigenvalue weighted by atomic mass is 9.89. The van der Waals surface area contributed by atoms with E-state index in [1.165, 1.54) is 19.3 Å². The molecule has 6 nitrogen and oxygen atoms in total. The molecule has 6 heteroatoms. The molecule has 3 heterocycles. The van der Waals surface area contributed by atoms with Crippen molar-refractivity contribution in [3.63, 3.8) is 0 Å². The summed E-state index contributed by atoms with van der Waals surface area (Å²) in [6.07, 6.45) is 6.55. The maximum atomic E-state index is 8.79. The van der Waals surface area contributed by atoms with Crippen molar-refractivity contribution < 1.29 is 9.84 Å². The van der Waals surface area contributed by atoms with Gasteiger partial charge in [0.05, 0.1) is 31.1 Å². The van der Waals surface area contributed by atoms with Gasteiger partial charge in [-0.2, -0.15) is 0 Å². The number of nitrogens with one attached hydrogen (secondary N) is 1. The fourth-order valence-electron chi connectivity index (χ4n) is 2.97. The second-order valence-corrected chi connectivity index (χ2v) is 5.20. The highest BCUT2D eigenvalue weighted by atomic mass is 16.5. The van der Waals surface area contributed by atoms with E-state index in [-0.39, 0.29) is 6.61 Å². The number of fused-ring (bicyclic) bond motifs is 2. The quantitative estimate of drug-likeness (QED) is 0.741.